The van der Waals surface area contributed by atoms with Gasteiger partial charge in [-0.2, -0.15) is 0 Å². The lowest BCUT2D eigenvalue weighted by Gasteiger charge is -2.38. The Balaban J connectivity index is 1.63. The maximum Gasteiger partial charge on any atom is 0.221 e. The zero-order valence-corrected chi connectivity index (χ0v) is 15.7. The van der Waals surface area contributed by atoms with E-state index in [1.807, 2.05) is 0 Å². The predicted octanol–water partition coefficient (Wildman–Crippen LogP) is 3.15. The van der Waals surface area contributed by atoms with Crippen LogP contribution >= 0.6 is 15.9 Å². The Bertz CT molecular complexity index is 552. The van der Waals surface area contributed by atoms with E-state index in [4.69, 9.17) is 4.74 Å². The smallest absolute Gasteiger partial charge is 0.221 e. The molecule has 1 heterocycles. The summed E-state index contributed by atoms with van der Waals surface area (Å²) in [6.45, 7) is 2.93. The van der Waals surface area contributed by atoms with Crippen molar-refractivity contribution in [3.05, 3.63) is 34.3 Å². The lowest BCUT2D eigenvalue weighted by Crippen LogP contribution is -2.47. The number of carbonyl (C=O) groups excluding carboxylic acids is 1. The third-order valence-corrected chi connectivity index (χ3v) is 5.80. The minimum Gasteiger partial charge on any atom is -0.378 e. The molecule has 4 nitrogen and oxygen atoms in total. The molecule has 1 amide bonds. The van der Waals surface area contributed by atoms with Gasteiger partial charge in [-0.25, -0.2) is 0 Å². The lowest BCUT2D eigenvalue weighted by molar-refractivity contribution is -0.122. The predicted molar refractivity (Wildman–Crippen MR) is 99.1 cm³/mol. The summed E-state index contributed by atoms with van der Waals surface area (Å²) < 4.78 is 6.54. The molecule has 0 aromatic heterocycles. The first-order valence-electron chi connectivity index (χ1n) is 9.02. The maximum atomic E-state index is 12.4. The van der Waals surface area contributed by atoms with Crippen LogP contribution in [0.1, 0.15) is 44.1 Å². The zero-order chi connectivity index (χ0) is 16.8. The number of benzene rings is 1. The van der Waals surface area contributed by atoms with Crippen molar-refractivity contribution in [2.45, 2.75) is 50.0 Å². The van der Waals surface area contributed by atoms with Crippen molar-refractivity contribution in [2.24, 2.45) is 0 Å². The summed E-state index contributed by atoms with van der Waals surface area (Å²) in [4.78, 5) is 12.4. The average Bonchev–Trinajstić information content (AvgIpc) is 2.62. The van der Waals surface area contributed by atoms with Gasteiger partial charge in [-0.3, -0.25) is 4.79 Å². The largest absolute Gasteiger partial charge is 0.378 e. The first-order valence-corrected chi connectivity index (χ1v) is 9.81. The highest BCUT2D eigenvalue weighted by Gasteiger charge is 2.34. The molecule has 1 aliphatic carbocycles. The molecule has 1 saturated heterocycles. The standard InChI is InChI=1S/C19H27BrN2O2/c20-16-6-4-5-15(11-16)19(7-2-1-3-8-19)14-22-18(23)12-17-13-24-10-9-21-17/h4-6,11,17,21H,1-3,7-10,12-14H2,(H,22,23). The number of ether oxygens (including phenoxy) is 1. The van der Waals surface area contributed by atoms with E-state index in [9.17, 15) is 4.79 Å². The van der Waals surface area contributed by atoms with Crippen molar-refractivity contribution in [2.75, 3.05) is 26.3 Å². The van der Waals surface area contributed by atoms with Gasteiger partial charge in [0.15, 0.2) is 0 Å². The van der Waals surface area contributed by atoms with Crippen LogP contribution in [0, 0.1) is 0 Å². The van der Waals surface area contributed by atoms with Crippen LogP contribution in [-0.2, 0) is 14.9 Å². The number of hydrogen-bond acceptors (Lipinski definition) is 3. The Morgan fingerprint density at radius 1 is 1.33 bits per heavy atom. The van der Waals surface area contributed by atoms with Crippen LogP contribution in [0.4, 0.5) is 0 Å². The fourth-order valence-corrected chi connectivity index (χ4v) is 4.33. The molecular weight excluding hydrogens is 368 g/mol. The number of hydrogen-bond donors (Lipinski definition) is 2. The molecule has 2 N–H and O–H groups in total. The van der Waals surface area contributed by atoms with E-state index < -0.39 is 0 Å². The van der Waals surface area contributed by atoms with E-state index in [1.165, 1.54) is 24.8 Å². The van der Waals surface area contributed by atoms with Crippen molar-refractivity contribution < 1.29 is 9.53 Å². The summed E-state index contributed by atoms with van der Waals surface area (Å²) in [6.07, 6.45) is 6.56. The average molecular weight is 395 g/mol. The topological polar surface area (TPSA) is 50.4 Å². The molecule has 3 rings (SSSR count). The highest BCUT2D eigenvalue weighted by molar-refractivity contribution is 9.10. The first-order chi connectivity index (χ1) is 11.7. The van der Waals surface area contributed by atoms with Crippen LogP contribution in [0.15, 0.2) is 28.7 Å². The fourth-order valence-electron chi connectivity index (χ4n) is 3.93. The highest BCUT2D eigenvalue weighted by Crippen LogP contribution is 2.39. The third kappa shape index (κ3) is 4.58. The molecule has 2 aliphatic rings. The molecule has 1 saturated carbocycles. The van der Waals surface area contributed by atoms with Gasteiger partial charge in [0, 0.05) is 35.4 Å². The summed E-state index contributed by atoms with van der Waals surface area (Å²) in [7, 11) is 0. The van der Waals surface area contributed by atoms with Gasteiger partial charge in [0.25, 0.3) is 0 Å². The number of rotatable bonds is 5. The highest BCUT2D eigenvalue weighted by atomic mass is 79.9. The van der Waals surface area contributed by atoms with Crippen molar-refractivity contribution >= 4 is 21.8 Å². The van der Waals surface area contributed by atoms with Gasteiger partial charge < -0.3 is 15.4 Å². The molecule has 1 unspecified atom stereocenters. The molecule has 0 bridgehead atoms. The van der Waals surface area contributed by atoms with Crippen LogP contribution in [0.2, 0.25) is 0 Å². The quantitative estimate of drug-likeness (QED) is 0.806. The number of amides is 1. The Morgan fingerprint density at radius 3 is 2.88 bits per heavy atom. The van der Waals surface area contributed by atoms with Gasteiger partial charge in [0.05, 0.1) is 13.2 Å². The summed E-state index contributed by atoms with van der Waals surface area (Å²) in [5.41, 5.74) is 1.42. The molecule has 1 aromatic carbocycles. The first kappa shape index (κ1) is 17.9. The molecule has 2 fully saturated rings. The Hall–Kier alpha value is -0.910. The van der Waals surface area contributed by atoms with Crippen LogP contribution in [0.3, 0.4) is 0 Å². The van der Waals surface area contributed by atoms with Crippen LogP contribution in [0.25, 0.3) is 0 Å². The van der Waals surface area contributed by atoms with E-state index in [2.05, 4.69) is 50.8 Å². The second-order valence-electron chi connectivity index (χ2n) is 7.06. The van der Waals surface area contributed by atoms with Crippen molar-refractivity contribution in [3.63, 3.8) is 0 Å². The molecule has 1 atom stereocenters. The van der Waals surface area contributed by atoms with E-state index >= 15 is 0 Å². The summed E-state index contributed by atoms with van der Waals surface area (Å²) >= 11 is 3.59. The van der Waals surface area contributed by atoms with Gasteiger partial charge >= 0.3 is 0 Å². The Morgan fingerprint density at radius 2 is 2.17 bits per heavy atom. The lowest BCUT2D eigenvalue weighted by atomic mass is 9.69. The molecule has 1 aliphatic heterocycles. The van der Waals surface area contributed by atoms with E-state index in [-0.39, 0.29) is 17.4 Å². The number of morpholine rings is 1. The van der Waals surface area contributed by atoms with Crippen LogP contribution in [0.5, 0.6) is 0 Å². The molecule has 5 heteroatoms. The Kier molecular flexibility index (Phi) is 6.31. The van der Waals surface area contributed by atoms with Gasteiger partial charge in [-0.05, 0) is 30.5 Å². The van der Waals surface area contributed by atoms with Crippen LogP contribution < -0.4 is 10.6 Å². The van der Waals surface area contributed by atoms with E-state index in [1.54, 1.807) is 0 Å². The van der Waals surface area contributed by atoms with E-state index in [0.29, 0.717) is 13.0 Å². The zero-order valence-electron chi connectivity index (χ0n) is 14.2. The second-order valence-corrected chi connectivity index (χ2v) is 7.97. The summed E-state index contributed by atoms with van der Waals surface area (Å²) in [5.74, 6) is 0.123. The van der Waals surface area contributed by atoms with Crippen LogP contribution in [-0.4, -0.2) is 38.3 Å². The van der Waals surface area contributed by atoms with Gasteiger partial charge in [-0.1, -0.05) is 47.3 Å². The van der Waals surface area contributed by atoms with Crippen molar-refractivity contribution in [1.82, 2.24) is 10.6 Å². The molecule has 0 spiro atoms. The summed E-state index contributed by atoms with van der Waals surface area (Å²) in [6, 6.07) is 8.73. The molecular formula is C19H27BrN2O2. The monoisotopic (exact) mass is 394 g/mol. The van der Waals surface area contributed by atoms with Crippen molar-refractivity contribution in [1.29, 1.82) is 0 Å². The molecule has 1 aromatic rings. The fraction of sp³-hybridized carbons (Fsp3) is 0.632. The molecule has 0 radical (unpaired) electrons. The minimum absolute atomic E-state index is 0.0776. The van der Waals surface area contributed by atoms with Gasteiger partial charge in [-0.15, -0.1) is 0 Å². The third-order valence-electron chi connectivity index (χ3n) is 5.30. The van der Waals surface area contributed by atoms with E-state index in [0.717, 1.165) is 37.0 Å². The van der Waals surface area contributed by atoms with Gasteiger partial charge in [0.2, 0.25) is 5.91 Å². The number of halogens is 1. The van der Waals surface area contributed by atoms with Crippen molar-refractivity contribution in [3.8, 4) is 0 Å². The molecule has 24 heavy (non-hydrogen) atoms. The number of carbonyl (C=O) groups is 1. The minimum atomic E-state index is 0.0776. The Labute approximate surface area is 152 Å². The molecule has 132 valence electrons. The summed E-state index contributed by atoms with van der Waals surface area (Å²) in [5, 5.41) is 6.55. The normalized spacial score (nSPS) is 23.6. The second kappa shape index (κ2) is 8.45. The van der Waals surface area contributed by atoms with Gasteiger partial charge in [0.1, 0.15) is 0 Å². The maximum absolute atomic E-state index is 12.4. The number of nitrogens with one attached hydrogen (secondary N) is 2. The SMILES string of the molecule is O=C(CC1COCCN1)NCC1(c2cccc(Br)c2)CCCCC1.